The minimum Gasteiger partial charge on any atom is -0.468 e. The Morgan fingerprint density at radius 1 is 1.12 bits per heavy atom. The lowest BCUT2D eigenvalue weighted by Crippen LogP contribution is -2.32. The SMILES string of the molecule is O=[N+]([O-])c1ccc(S(=O)(=O)N(CCc2cccs2)Cc2ccco2)cc1. The lowest BCUT2D eigenvalue weighted by molar-refractivity contribution is -0.384. The highest BCUT2D eigenvalue weighted by Crippen LogP contribution is 2.22. The predicted octanol–water partition coefficient (Wildman–Crippen LogP) is 3.68. The molecule has 1 aromatic carbocycles. The largest absolute Gasteiger partial charge is 0.468 e. The van der Waals surface area contributed by atoms with Crippen LogP contribution in [0.15, 0.2) is 69.5 Å². The van der Waals surface area contributed by atoms with E-state index in [1.807, 2.05) is 17.5 Å². The zero-order valence-corrected chi connectivity index (χ0v) is 15.3. The van der Waals surface area contributed by atoms with Crippen LogP contribution < -0.4 is 0 Å². The first kappa shape index (κ1) is 18.3. The van der Waals surface area contributed by atoms with E-state index in [0.29, 0.717) is 12.2 Å². The van der Waals surface area contributed by atoms with Crippen LogP contribution in [0.4, 0.5) is 5.69 Å². The standard InChI is InChI=1S/C17H16N2O5S2/c20-19(21)14-5-7-17(8-6-14)26(22,23)18(13-15-3-1-11-24-15)10-9-16-4-2-12-25-16/h1-8,11-12H,9-10,13H2. The van der Waals surface area contributed by atoms with Gasteiger partial charge in [0.05, 0.1) is 22.6 Å². The summed E-state index contributed by atoms with van der Waals surface area (Å²) >= 11 is 1.56. The highest BCUT2D eigenvalue weighted by Gasteiger charge is 2.26. The lowest BCUT2D eigenvalue weighted by atomic mass is 10.3. The van der Waals surface area contributed by atoms with Gasteiger partial charge in [-0.25, -0.2) is 8.42 Å². The van der Waals surface area contributed by atoms with Gasteiger partial charge in [0.1, 0.15) is 5.76 Å². The minimum absolute atomic E-state index is 0.0147. The Morgan fingerprint density at radius 3 is 2.46 bits per heavy atom. The van der Waals surface area contributed by atoms with Crippen molar-refractivity contribution in [3.05, 3.63) is 80.9 Å². The number of nitro benzene ring substituents is 1. The molecule has 0 atom stereocenters. The normalized spacial score (nSPS) is 11.7. The molecule has 3 aromatic rings. The van der Waals surface area contributed by atoms with Crippen LogP contribution in [0, 0.1) is 10.1 Å². The van der Waals surface area contributed by atoms with Crippen molar-refractivity contribution in [2.24, 2.45) is 0 Å². The van der Waals surface area contributed by atoms with E-state index in [4.69, 9.17) is 4.42 Å². The summed E-state index contributed by atoms with van der Waals surface area (Å²) in [5, 5.41) is 12.7. The number of non-ortho nitro benzene ring substituents is 1. The number of thiophene rings is 1. The summed E-state index contributed by atoms with van der Waals surface area (Å²) < 4.78 is 32.7. The van der Waals surface area contributed by atoms with E-state index in [9.17, 15) is 18.5 Å². The van der Waals surface area contributed by atoms with Gasteiger partial charge in [-0.2, -0.15) is 4.31 Å². The predicted molar refractivity (Wildman–Crippen MR) is 97.4 cm³/mol. The number of furan rings is 1. The van der Waals surface area contributed by atoms with Gasteiger partial charge >= 0.3 is 0 Å². The van der Waals surface area contributed by atoms with Gasteiger partial charge in [0, 0.05) is 23.6 Å². The van der Waals surface area contributed by atoms with E-state index in [1.54, 1.807) is 23.5 Å². The molecule has 136 valence electrons. The van der Waals surface area contributed by atoms with Crippen molar-refractivity contribution in [2.45, 2.75) is 17.9 Å². The highest BCUT2D eigenvalue weighted by atomic mass is 32.2. The fourth-order valence-corrected chi connectivity index (χ4v) is 4.54. The summed E-state index contributed by atoms with van der Waals surface area (Å²) in [7, 11) is -3.82. The molecule has 0 aliphatic carbocycles. The fraction of sp³-hybridized carbons (Fsp3) is 0.176. The first-order valence-electron chi connectivity index (χ1n) is 7.76. The van der Waals surface area contributed by atoms with Crippen molar-refractivity contribution < 1.29 is 17.8 Å². The molecule has 2 heterocycles. The van der Waals surface area contributed by atoms with Gasteiger partial charge in [0.15, 0.2) is 0 Å². The third kappa shape index (κ3) is 4.18. The van der Waals surface area contributed by atoms with Crippen LogP contribution in [0.2, 0.25) is 0 Å². The Hall–Kier alpha value is -2.49. The molecule has 7 nitrogen and oxygen atoms in total. The molecule has 0 radical (unpaired) electrons. The van der Waals surface area contributed by atoms with Crippen LogP contribution in [0.1, 0.15) is 10.6 Å². The fourth-order valence-electron chi connectivity index (χ4n) is 2.44. The van der Waals surface area contributed by atoms with Crippen molar-refractivity contribution in [1.82, 2.24) is 4.31 Å². The molecule has 0 saturated carbocycles. The van der Waals surface area contributed by atoms with Gasteiger partial charge in [-0.05, 0) is 42.1 Å². The summed E-state index contributed by atoms with van der Waals surface area (Å²) in [5.41, 5.74) is -0.153. The van der Waals surface area contributed by atoms with Crippen molar-refractivity contribution >= 4 is 27.0 Å². The van der Waals surface area contributed by atoms with Crippen molar-refractivity contribution in [2.75, 3.05) is 6.54 Å². The molecule has 0 fully saturated rings. The molecule has 9 heteroatoms. The maximum Gasteiger partial charge on any atom is 0.269 e. The van der Waals surface area contributed by atoms with Crippen LogP contribution in [0.5, 0.6) is 0 Å². The summed E-state index contributed by atoms with van der Waals surface area (Å²) in [6, 6.07) is 12.2. The maximum absolute atomic E-state index is 13.0. The molecule has 26 heavy (non-hydrogen) atoms. The van der Waals surface area contributed by atoms with Crippen LogP contribution in [-0.2, 0) is 23.0 Å². The molecule has 0 bridgehead atoms. The zero-order chi connectivity index (χ0) is 18.6. The van der Waals surface area contributed by atoms with E-state index in [-0.39, 0.29) is 23.7 Å². The highest BCUT2D eigenvalue weighted by molar-refractivity contribution is 7.89. The minimum atomic E-state index is -3.82. The van der Waals surface area contributed by atoms with Gasteiger partial charge < -0.3 is 4.42 Å². The summed E-state index contributed by atoms with van der Waals surface area (Å²) in [6.45, 7) is 0.373. The van der Waals surface area contributed by atoms with E-state index in [1.165, 1.54) is 34.8 Å². The molecular formula is C17H16N2O5S2. The number of nitro groups is 1. The van der Waals surface area contributed by atoms with Crippen LogP contribution >= 0.6 is 11.3 Å². The van der Waals surface area contributed by atoms with E-state index in [2.05, 4.69) is 0 Å². The molecule has 0 amide bonds. The Kier molecular flexibility index (Phi) is 5.50. The number of rotatable bonds is 8. The molecule has 2 aromatic heterocycles. The lowest BCUT2D eigenvalue weighted by Gasteiger charge is -2.21. The second-order valence-corrected chi connectivity index (χ2v) is 8.47. The van der Waals surface area contributed by atoms with Gasteiger partial charge in [-0.15, -0.1) is 11.3 Å². The topological polar surface area (TPSA) is 93.7 Å². The van der Waals surface area contributed by atoms with Crippen molar-refractivity contribution in [3.63, 3.8) is 0 Å². The van der Waals surface area contributed by atoms with E-state index in [0.717, 1.165) is 4.88 Å². The molecule has 0 saturated heterocycles. The second-order valence-electron chi connectivity index (χ2n) is 5.50. The van der Waals surface area contributed by atoms with Crippen LogP contribution in [0.25, 0.3) is 0 Å². The van der Waals surface area contributed by atoms with E-state index >= 15 is 0 Å². The number of hydrogen-bond donors (Lipinski definition) is 0. The number of hydrogen-bond acceptors (Lipinski definition) is 6. The van der Waals surface area contributed by atoms with Gasteiger partial charge in [-0.1, -0.05) is 6.07 Å². The first-order valence-corrected chi connectivity index (χ1v) is 10.1. The van der Waals surface area contributed by atoms with Crippen LogP contribution in [0.3, 0.4) is 0 Å². The summed E-state index contributed by atoms with van der Waals surface area (Å²) in [6.07, 6.45) is 2.07. The van der Waals surface area contributed by atoms with Gasteiger partial charge in [0.25, 0.3) is 5.69 Å². The zero-order valence-electron chi connectivity index (χ0n) is 13.6. The van der Waals surface area contributed by atoms with Gasteiger partial charge in [0.2, 0.25) is 10.0 Å². The molecular weight excluding hydrogens is 376 g/mol. The Bertz CT molecular complexity index is 949. The average Bonchev–Trinajstić information content (AvgIpc) is 3.32. The van der Waals surface area contributed by atoms with Crippen molar-refractivity contribution in [1.29, 1.82) is 0 Å². The Balaban J connectivity index is 1.86. The molecule has 0 unspecified atom stereocenters. The number of sulfonamides is 1. The van der Waals surface area contributed by atoms with Gasteiger partial charge in [-0.3, -0.25) is 10.1 Å². The van der Waals surface area contributed by atoms with E-state index < -0.39 is 14.9 Å². The smallest absolute Gasteiger partial charge is 0.269 e. The second kappa shape index (κ2) is 7.81. The molecule has 0 aliphatic heterocycles. The quantitative estimate of drug-likeness (QED) is 0.430. The maximum atomic E-state index is 13.0. The molecule has 0 spiro atoms. The molecule has 3 rings (SSSR count). The molecule has 0 N–H and O–H groups in total. The van der Waals surface area contributed by atoms with Crippen LogP contribution in [-0.4, -0.2) is 24.2 Å². The number of benzene rings is 1. The monoisotopic (exact) mass is 392 g/mol. The summed E-state index contributed by atoms with van der Waals surface area (Å²) in [5.74, 6) is 0.529. The Labute approximate surface area is 154 Å². The Morgan fingerprint density at radius 2 is 1.88 bits per heavy atom. The average molecular weight is 392 g/mol. The first-order chi connectivity index (χ1) is 12.5. The molecule has 0 aliphatic rings. The third-order valence-corrected chi connectivity index (χ3v) is 6.58. The number of nitrogens with zero attached hydrogens (tertiary/aromatic N) is 2. The third-order valence-electron chi connectivity index (χ3n) is 3.79. The summed E-state index contributed by atoms with van der Waals surface area (Å²) in [4.78, 5) is 11.3. The van der Waals surface area contributed by atoms with Crippen molar-refractivity contribution in [3.8, 4) is 0 Å².